The molecular weight excluding hydrogens is 272 g/mol. The normalized spacial score (nSPS) is 11.0. The summed E-state index contributed by atoms with van der Waals surface area (Å²) in [7, 11) is -3.74. The molecule has 2 aromatic rings. The summed E-state index contributed by atoms with van der Waals surface area (Å²) in [5, 5.41) is 13.4. The summed E-state index contributed by atoms with van der Waals surface area (Å²) < 4.78 is 26.6. The second kappa shape index (κ2) is 5.08. The van der Waals surface area contributed by atoms with Gasteiger partial charge in [0.1, 0.15) is 6.26 Å². The largest absolute Gasteiger partial charge is 0.363 e. The first-order valence-corrected chi connectivity index (χ1v) is 6.61. The van der Waals surface area contributed by atoms with Crippen molar-refractivity contribution >= 4 is 27.6 Å². The Morgan fingerprint density at radius 1 is 1.16 bits per heavy atom. The highest BCUT2D eigenvalue weighted by atomic mass is 32.2. The van der Waals surface area contributed by atoms with Crippen LogP contribution in [0, 0.1) is 0 Å². The molecule has 9 heteroatoms. The third-order valence-corrected chi connectivity index (χ3v) is 3.05. The van der Waals surface area contributed by atoms with Gasteiger partial charge in [0.2, 0.25) is 10.0 Å². The SMILES string of the molecule is NS(=O)(=O)c1ccc(NC(=O)Nc2ccon2)cc1. The molecular formula is C10H10N4O4S. The van der Waals surface area contributed by atoms with E-state index in [1.807, 2.05) is 0 Å². The summed E-state index contributed by atoms with van der Waals surface area (Å²) >= 11 is 0. The highest BCUT2D eigenvalue weighted by molar-refractivity contribution is 7.89. The molecule has 0 spiro atoms. The van der Waals surface area contributed by atoms with E-state index in [2.05, 4.69) is 20.3 Å². The maximum atomic E-state index is 11.5. The van der Waals surface area contributed by atoms with E-state index in [0.29, 0.717) is 5.69 Å². The molecule has 0 radical (unpaired) electrons. The van der Waals surface area contributed by atoms with Crippen molar-refractivity contribution in [1.82, 2.24) is 5.16 Å². The molecule has 0 aliphatic heterocycles. The average Bonchev–Trinajstić information content (AvgIpc) is 2.81. The summed E-state index contributed by atoms with van der Waals surface area (Å²) in [4.78, 5) is 11.5. The van der Waals surface area contributed by atoms with E-state index in [0.717, 1.165) is 0 Å². The molecule has 0 saturated heterocycles. The van der Waals surface area contributed by atoms with Crippen molar-refractivity contribution in [2.45, 2.75) is 4.90 Å². The van der Waals surface area contributed by atoms with Crippen LogP contribution in [0.5, 0.6) is 0 Å². The van der Waals surface area contributed by atoms with E-state index >= 15 is 0 Å². The summed E-state index contributed by atoms with van der Waals surface area (Å²) in [5.41, 5.74) is 0.411. The van der Waals surface area contributed by atoms with E-state index in [-0.39, 0.29) is 10.7 Å². The molecule has 0 unspecified atom stereocenters. The van der Waals surface area contributed by atoms with E-state index in [4.69, 9.17) is 5.14 Å². The Hall–Kier alpha value is -2.39. The number of nitrogens with one attached hydrogen (secondary N) is 2. The van der Waals surface area contributed by atoms with Gasteiger partial charge in [0.05, 0.1) is 4.90 Å². The van der Waals surface area contributed by atoms with Gasteiger partial charge in [-0.15, -0.1) is 0 Å². The summed E-state index contributed by atoms with van der Waals surface area (Å²) in [6, 6.07) is 6.37. The number of aromatic nitrogens is 1. The first kappa shape index (κ1) is 13.1. The lowest BCUT2D eigenvalue weighted by Gasteiger charge is -2.05. The van der Waals surface area contributed by atoms with Crippen molar-refractivity contribution in [3.8, 4) is 0 Å². The van der Waals surface area contributed by atoms with Crippen LogP contribution in [0.4, 0.5) is 16.3 Å². The molecule has 2 amide bonds. The number of amides is 2. The van der Waals surface area contributed by atoms with Crippen LogP contribution in [0.15, 0.2) is 46.0 Å². The fourth-order valence-electron chi connectivity index (χ4n) is 1.28. The molecule has 0 atom stereocenters. The smallest absolute Gasteiger partial charge is 0.324 e. The molecule has 2 rings (SSSR count). The van der Waals surface area contributed by atoms with Gasteiger partial charge in [0, 0.05) is 11.8 Å². The first-order valence-electron chi connectivity index (χ1n) is 5.06. The van der Waals surface area contributed by atoms with Gasteiger partial charge in [0.25, 0.3) is 0 Å². The summed E-state index contributed by atoms with van der Waals surface area (Å²) in [5.74, 6) is 0.263. The first-order chi connectivity index (χ1) is 8.95. The van der Waals surface area contributed by atoms with E-state index < -0.39 is 16.1 Å². The molecule has 100 valence electrons. The monoisotopic (exact) mass is 282 g/mol. The molecule has 4 N–H and O–H groups in total. The minimum Gasteiger partial charge on any atom is -0.363 e. The zero-order valence-corrected chi connectivity index (χ0v) is 10.3. The maximum absolute atomic E-state index is 11.5. The van der Waals surface area contributed by atoms with Crippen LogP contribution < -0.4 is 15.8 Å². The van der Waals surface area contributed by atoms with Crippen molar-refractivity contribution in [3.05, 3.63) is 36.6 Å². The Labute approximate surface area is 108 Å². The van der Waals surface area contributed by atoms with Gasteiger partial charge >= 0.3 is 6.03 Å². The van der Waals surface area contributed by atoms with Gasteiger partial charge in [-0.2, -0.15) is 0 Å². The lowest BCUT2D eigenvalue weighted by Crippen LogP contribution is -2.19. The number of urea groups is 1. The molecule has 1 aromatic carbocycles. The van der Waals surface area contributed by atoms with Crippen molar-refractivity contribution in [2.24, 2.45) is 5.14 Å². The molecule has 1 aromatic heterocycles. The Bertz CT molecular complexity index is 664. The quantitative estimate of drug-likeness (QED) is 0.772. The molecule has 0 aliphatic carbocycles. The highest BCUT2D eigenvalue weighted by Gasteiger charge is 2.08. The summed E-state index contributed by atoms with van der Waals surface area (Å²) in [6.45, 7) is 0. The number of nitrogens with zero attached hydrogens (tertiary/aromatic N) is 1. The highest BCUT2D eigenvalue weighted by Crippen LogP contribution is 2.13. The number of hydrogen-bond acceptors (Lipinski definition) is 5. The Morgan fingerprint density at radius 2 is 1.84 bits per heavy atom. The molecule has 0 fully saturated rings. The van der Waals surface area contributed by atoms with Gasteiger partial charge < -0.3 is 9.84 Å². The number of nitrogens with two attached hydrogens (primary N) is 1. The fraction of sp³-hybridized carbons (Fsp3) is 0. The third kappa shape index (κ3) is 3.53. The standard InChI is InChI=1S/C10H10N4O4S/c11-19(16,17)8-3-1-7(2-4-8)12-10(15)13-9-5-6-18-14-9/h1-6H,(H2,11,16,17)(H2,12,13,14,15). The maximum Gasteiger partial charge on any atom is 0.324 e. The molecule has 19 heavy (non-hydrogen) atoms. The van der Waals surface area contributed by atoms with Gasteiger partial charge in [-0.25, -0.2) is 18.4 Å². The van der Waals surface area contributed by atoms with Crippen molar-refractivity contribution in [2.75, 3.05) is 10.6 Å². The number of carbonyl (C=O) groups is 1. The number of carbonyl (C=O) groups excluding carboxylic acids is 1. The molecule has 0 bridgehead atoms. The predicted molar refractivity (Wildman–Crippen MR) is 67.0 cm³/mol. The molecule has 8 nitrogen and oxygen atoms in total. The number of anilines is 2. The number of sulfonamides is 1. The lowest BCUT2D eigenvalue weighted by molar-refractivity contribution is 0.262. The van der Waals surface area contributed by atoms with Crippen molar-refractivity contribution < 1.29 is 17.7 Å². The van der Waals surface area contributed by atoms with Crippen molar-refractivity contribution in [3.63, 3.8) is 0 Å². The second-order valence-corrected chi connectivity index (χ2v) is 5.09. The lowest BCUT2D eigenvalue weighted by atomic mass is 10.3. The van der Waals surface area contributed by atoms with Crippen LogP contribution in [0.25, 0.3) is 0 Å². The van der Waals surface area contributed by atoms with Crippen LogP contribution in [0.1, 0.15) is 0 Å². The van der Waals surface area contributed by atoms with Crippen LogP contribution in [0.2, 0.25) is 0 Å². The van der Waals surface area contributed by atoms with E-state index in [1.54, 1.807) is 0 Å². The summed E-state index contributed by atoms with van der Waals surface area (Å²) in [6.07, 6.45) is 1.32. The average molecular weight is 282 g/mol. The van der Waals surface area contributed by atoms with Gasteiger partial charge in [0.15, 0.2) is 5.82 Å². The Kier molecular flexibility index (Phi) is 3.49. The minimum absolute atomic E-state index is 0.0324. The Morgan fingerprint density at radius 3 is 2.37 bits per heavy atom. The number of hydrogen-bond donors (Lipinski definition) is 3. The minimum atomic E-state index is -3.74. The van der Waals surface area contributed by atoms with E-state index in [1.165, 1.54) is 36.6 Å². The van der Waals surface area contributed by atoms with Crippen LogP contribution in [0.3, 0.4) is 0 Å². The molecule has 1 heterocycles. The van der Waals surface area contributed by atoms with Gasteiger partial charge in [-0.05, 0) is 24.3 Å². The van der Waals surface area contributed by atoms with Crippen molar-refractivity contribution in [1.29, 1.82) is 0 Å². The van der Waals surface area contributed by atoms with Gasteiger partial charge in [-0.1, -0.05) is 5.16 Å². The number of rotatable bonds is 3. The zero-order chi connectivity index (χ0) is 13.9. The van der Waals surface area contributed by atoms with Crippen LogP contribution in [-0.4, -0.2) is 19.6 Å². The number of benzene rings is 1. The Balaban J connectivity index is 2.02. The van der Waals surface area contributed by atoms with Crippen LogP contribution in [-0.2, 0) is 10.0 Å². The topological polar surface area (TPSA) is 127 Å². The predicted octanol–water partition coefficient (Wildman–Crippen LogP) is 0.966. The molecule has 0 aliphatic rings. The van der Waals surface area contributed by atoms with Gasteiger partial charge in [-0.3, -0.25) is 5.32 Å². The fourth-order valence-corrected chi connectivity index (χ4v) is 1.80. The van der Waals surface area contributed by atoms with Crippen LogP contribution >= 0.6 is 0 Å². The number of primary sulfonamides is 1. The molecule has 0 saturated carbocycles. The third-order valence-electron chi connectivity index (χ3n) is 2.12. The second-order valence-electron chi connectivity index (χ2n) is 3.53. The van der Waals surface area contributed by atoms with E-state index in [9.17, 15) is 13.2 Å². The zero-order valence-electron chi connectivity index (χ0n) is 9.53.